The zero-order chi connectivity index (χ0) is 15.4. The summed E-state index contributed by atoms with van der Waals surface area (Å²) in [6, 6.07) is 11.9. The van der Waals surface area contributed by atoms with Gasteiger partial charge in [0.05, 0.1) is 7.11 Å². The van der Waals surface area contributed by atoms with Crippen molar-refractivity contribution in [3.8, 4) is 5.75 Å². The van der Waals surface area contributed by atoms with Gasteiger partial charge in [0.15, 0.2) is 0 Å². The number of hydrogen-bond donors (Lipinski definition) is 1. The highest BCUT2D eigenvalue weighted by molar-refractivity contribution is 6.36. The normalized spacial score (nSPS) is 12.2. The van der Waals surface area contributed by atoms with Crippen LogP contribution in [-0.4, -0.2) is 14.2 Å². The number of methoxy groups -OCH3 is 1. The Morgan fingerprint density at radius 2 is 1.81 bits per heavy atom. The predicted octanol–water partition coefficient (Wildman–Crippen LogP) is 4.81. The highest BCUT2D eigenvalue weighted by atomic mass is 35.5. The summed E-state index contributed by atoms with van der Waals surface area (Å²) in [6.45, 7) is 2.03. The van der Waals surface area contributed by atoms with Gasteiger partial charge in [0.1, 0.15) is 5.75 Å². The SMILES string of the molecule is CNC(Cc1c(Cl)cccc1Cl)c1ccc(C)c(OC)c1. The minimum absolute atomic E-state index is 0.122. The van der Waals surface area contributed by atoms with Gasteiger partial charge < -0.3 is 10.1 Å². The second-order valence-corrected chi connectivity index (χ2v) is 5.79. The number of ether oxygens (including phenoxy) is 1. The first-order chi connectivity index (χ1) is 10.1. The summed E-state index contributed by atoms with van der Waals surface area (Å²) in [5.74, 6) is 0.887. The Labute approximate surface area is 136 Å². The molecule has 0 amide bonds. The molecule has 0 radical (unpaired) electrons. The maximum absolute atomic E-state index is 6.26. The van der Waals surface area contributed by atoms with Crippen LogP contribution >= 0.6 is 23.2 Å². The lowest BCUT2D eigenvalue weighted by Crippen LogP contribution is -2.19. The van der Waals surface area contributed by atoms with Crippen LogP contribution in [0.1, 0.15) is 22.7 Å². The maximum atomic E-state index is 6.26. The molecule has 0 saturated carbocycles. The molecule has 1 atom stereocenters. The molecule has 0 spiro atoms. The predicted molar refractivity (Wildman–Crippen MR) is 89.7 cm³/mol. The molecule has 0 fully saturated rings. The first-order valence-corrected chi connectivity index (χ1v) is 7.57. The monoisotopic (exact) mass is 323 g/mol. The molecule has 0 aliphatic heterocycles. The van der Waals surface area contributed by atoms with Gasteiger partial charge in [-0.1, -0.05) is 41.4 Å². The maximum Gasteiger partial charge on any atom is 0.122 e. The van der Waals surface area contributed by atoms with E-state index in [0.29, 0.717) is 10.0 Å². The van der Waals surface area contributed by atoms with Gasteiger partial charge in [0, 0.05) is 16.1 Å². The van der Waals surface area contributed by atoms with Crippen molar-refractivity contribution >= 4 is 23.2 Å². The van der Waals surface area contributed by atoms with Gasteiger partial charge in [-0.15, -0.1) is 0 Å². The Morgan fingerprint density at radius 1 is 1.14 bits per heavy atom. The van der Waals surface area contributed by atoms with E-state index >= 15 is 0 Å². The summed E-state index contributed by atoms with van der Waals surface area (Å²) < 4.78 is 5.40. The Morgan fingerprint density at radius 3 is 2.38 bits per heavy atom. The lowest BCUT2D eigenvalue weighted by atomic mass is 9.97. The molecule has 21 heavy (non-hydrogen) atoms. The minimum atomic E-state index is 0.122. The van der Waals surface area contributed by atoms with Gasteiger partial charge in [0.2, 0.25) is 0 Å². The fourth-order valence-electron chi connectivity index (χ4n) is 2.37. The molecule has 0 aliphatic rings. The zero-order valence-corrected chi connectivity index (χ0v) is 13.9. The summed E-state index contributed by atoms with van der Waals surface area (Å²) in [7, 11) is 3.62. The molecule has 112 valence electrons. The van der Waals surface area contributed by atoms with E-state index in [0.717, 1.165) is 28.9 Å². The molecule has 0 aliphatic carbocycles. The Bertz CT molecular complexity index is 608. The molecule has 1 unspecified atom stereocenters. The van der Waals surface area contributed by atoms with Crippen molar-refractivity contribution < 1.29 is 4.74 Å². The van der Waals surface area contributed by atoms with Crippen LogP contribution in [0.25, 0.3) is 0 Å². The number of likely N-dealkylation sites (N-methyl/N-ethyl adjacent to an activating group) is 1. The zero-order valence-electron chi connectivity index (χ0n) is 12.4. The highest BCUT2D eigenvalue weighted by Gasteiger charge is 2.15. The van der Waals surface area contributed by atoms with Gasteiger partial charge in [-0.05, 0) is 55.3 Å². The van der Waals surface area contributed by atoms with Gasteiger partial charge >= 0.3 is 0 Å². The van der Waals surface area contributed by atoms with Gasteiger partial charge in [-0.2, -0.15) is 0 Å². The van der Waals surface area contributed by atoms with E-state index in [2.05, 4.69) is 23.5 Å². The summed E-state index contributed by atoms with van der Waals surface area (Å²) in [5, 5.41) is 4.71. The number of benzene rings is 2. The van der Waals surface area contributed by atoms with E-state index < -0.39 is 0 Å². The molecule has 0 heterocycles. The molecule has 1 N–H and O–H groups in total. The van der Waals surface area contributed by atoms with Crippen LogP contribution in [0, 0.1) is 6.92 Å². The number of rotatable bonds is 5. The van der Waals surface area contributed by atoms with Gasteiger partial charge in [0.25, 0.3) is 0 Å². The fourth-order valence-corrected chi connectivity index (χ4v) is 2.92. The number of aryl methyl sites for hydroxylation is 1. The first kappa shape index (κ1) is 16.2. The van der Waals surface area contributed by atoms with E-state index in [4.69, 9.17) is 27.9 Å². The molecule has 2 rings (SSSR count). The molecule has 2 nitrogen and oxygen atoms in total. The standard InChI is InChI=1S/C17H19Cl2NO/c1-11-7-8-12(9-17(11)21-3)16(20-2)10-13-14(18)5-4-6-15(13)19/h4-9,16,20H,10H2,1-3H3. The van der Waals surface area contributed by atoms with Crippen LogP contribution in [0.2, 0.25) is 10.0 Å². The van der Waals surface area contributed by atoms with E-state index in [1.165, 1.54) is 0 Å². The quantitative estimate of drug-likeness (QED) is 0.852. The van der Waals surface area contributed by atoms with Crippen LogP contribution < -0.4 is 10.1 Å². The Hall–Kier alpha value is -1.22. The minimum Gasteiger partial charge on any atom is -0.496 e. The molecule has 2 aromatic rings. The fraction of sp³-hybridized carbons (Fsp3) is 0.294. The average molecular weight is 324 g/mol. The number of halogens is 2. The number of hydrogen-bond acceptors (Lipinski definition) is 2. The van der Waals surface area contributed by atoms with Crippen LogP contribution in [0.4, 0.5) is 0 Å². The summed E-state index contributed by atoms with van der Waals surface area (Å²) in [5.41, 5.74) is 3.22. The molecule has 0 aromatic heterocycles. The van der Waals surface area contributed by atoms with Crippen molar-refractivity contribution in [1.29, 1.82) is 0 Å². The van der Waals surface area contributed by atoms with Crippen LogP contribution in [0.15, 0.2) is 36.4 Å². The van der Waals surface area contributed by atoms with Crippen molar-refractivity contribution in [3.05, 3.63) is 63.1 Å². The molecular formula is C17H19Cl2NO. The topological polar surface area (TPSA) is 21.3 Å². The smallest absolute Gasteiger partial charge is 0.122 e. The van der Waals surface area contributed by atoms with Crippen LogP contribution in [-0.2, 0) is 6.42 Å². The third-order valence-corrected chi connectivity index (χ3v) is 4.36. The molecule has 0 saturated heterocycles. The van der Waals surface area contributed by atoms with Crippen LogP contribution in [0.3, 0.4) is 0 Å². The van der Waals surface area contributed by atoms with E-state index in [1.54, 1.807) is 7.11 Å². The molecular weight excluding hydrogens is 305 g/mol. The van der Waals surface area contributed by atoms with Crippen molar-refractivity contribution in [1.82, 2.24) is 5.32 Å². The Balaban J connectivity index is 2.32. The second-order valence-electron chi connectivity index (χ2n) is 4.97. The van der Waals surface area contributed by atoms with E-state index in [1.807, 2.05) is 32.2 Å². The van der Waals surface area contributed by atoms with Gasteiger partial charge in [-0.25, -0.2) is 0 Å². The molecule has 4 heteroatoms. The van der Waals surface area contributed by atoms with Gasteiger partial charge in [-0.3, -0.25) is 0 Å². The average Bonchev–Trinajstić information content (AvgIpc) is 2.48. The highest BCUT2D eigenvalue weighted by Crippen LogP contribution is 2.31. The van der Waals surface area contributed by atoms with Crippen molar-refractivity contribution in [2.75, 3.05) is 14.2 Å². The van der Waals surface area contributed by atoms with Crippen molar-refractivity contribution in [3.63, 3.8) is 0 Å². The lowest BCUT2D eigenvalue weighted by Gasteiger charge is -2.19. The van der Waals surface area contributed by atoms with Crippen molar-refractivity contribution in [2.24, 2.45) is 0 Å². The molecule has 2 aromatic carbocycles. The lowest BCUT2D eigenvalue weighted by molar-refractivity contribution is 0.410. The summed E-state index contributed by atoms with van der Waals surface area (Å²) in [4.78, 5) is 0. The van der Waals surface area contributed by atoms with Crippen molar-refractivity contribution in [2.45, 2.75) is 19.4 Å². The number of nitrogens with one attached hydrogen (secondary N) is 1. The van der Waals surface area contributed by atoms with E-state index in [-0.39, 0.29) is 6.04 Å². The third kappa shape index (κ3) is 3.70. The largest absolute Gasteiger partial charge is 0.496 e. The van der Waals surface area contributed by atoms with E-state index in [9.17, 15) is 0 Å². The molecule has 0 bridgehead atoms. The first-order valence-electron chi connectivity index (χ1n) is 6.81. The van der Waals surface area contributed by atoms with Crippen LogP contribution in [0.5, 0.6) is 5.75 Å². The Kier molecular flexibility index (Phi) is 5.51. The summed E-state index contributed by atoms with van der Waals surface area (Å²) >= 11 is 12.5. The second kappa shape index (κ2) is 7.17. The summed E-state index contributed by atoms with van der Waals surface area (Å²) in [6.07, 6.45) is 0.723. The third-order valence-electron chi connectivity index (χ3n) is 3.65.